The maximum absolute atomic E-state index is 12.5. The molecule has 3 N–H and O–H groups in total. The van der Waals surface area contributed by atoms with E-state index in [9.17, 15) is 4.79 Å². The van der Waals surface area contributed by atoms with Crippen molar-refractivity contribution in [3.05, 3.63) is 89.2 Å². The van der Waals surface area contributed by atoms with Crippen LogP contribution in [-0.4, -0.2) is 22.4 Å². The second-order valence-electron chi connectivity index (χ2n) is 6.43. The molecule has 2 aromatic heterocycles. The molecular formula is C22H19ClN4O. The first kappa shape index (κ1) is 18.1. The van der Waals surface area contributed by atoms with Gasteiger partial charge >= 0.3 is 0 Å². The summed E-state index contributed by atoms with van der Waals surface area (Å²) in [5.41, 5.74) is 3.62. The van der Waals surface area contributed by atoms with E-state index in [2.05, 4.69) is 32.7 Å². The quantitative estimate of drug-likeness (QED) is 0.427. The van der Waals surface area contributed by atoms with Crippen molar-refractivity contribution in [1.82, 2.24) is 9.97 Å². The SMILES string of the molecule is O=C(Nc1ccc(Cl)cc1)c1ccnc(NCCc2c[nH]c3ccccc23)c1. The molecule has 0 saturated carbocycles. The molecule has 4 aromatic rings. The Balaban J connectivity index is 1.38. The molecule has 6 heteroatoms. The van der Waals surface area contributed by atoms with Crippen LogP contribution in [0.4, 0.5) is 11.5 Å². The smallest absolute Gasteiger partial charge is 0.255 e. The lowest BCUT2D eigenvalue weighted by Crippen LogP contribution is -2.13. The largest absolute Gasteiger partial charge is 0.370 e. The number of amides is 1. The van der Waals surface area contributed by atoms with Crippen molar-refractivity contribution in [3.63, 3.8) is 0 Å². The number of hydrogen-bond donors (Lipinski definition) is 3. The summed E-state index contributed by atoms with van der Waals surface area (Å²) in [5, 5.41) is 8.00. The van der Waals surface area contributed by atoms with Crippen molar-refractivity contribution in [3.8, 4) is 0 Å². The van der Waals surface area contributed by atoms with Crippen LogP contribution in [0, 0.1) is 0 Å². The minimum atomic E-state index is -0.190. The molecule has 0 aliphatic rings. The van der Waals surface area contributed by atoms with Crippen LogP contribution in [0.25, 0.3) is 10.9 Å². The molecule has 0 spiro atoms. The highest BCUT2D eigenvalue weighted by Gasteiger charge is 2.08. The first-order valence-corrected chi connectivity index (χ1v) is 9.39. The van der Waals surface area contributed by atoms with E-state index >= 15 is 0 Å². The van der Waals surface area contributed by atoms with Gasteiger partial charge in [-0.2, -0.15) is 0 Å². The Morgan fingerprint density at radius 2 is 1.89 bits per heavy atom. The standard InChI is InChI=1S/C22H19ClN4O/c23-17-5-7-18(8-6-17)27-22(28)15-9-11-24-21(13-15)25-12-10-16-14-26-20-4-2-1-3-19(16)20/h1-9,11,13-14,26H,10,12H2,(H,24,25)(H,27,28). The van der Waals surface area contributed by atoms with Crippen molar-refractivity contribution in [2.45, 2.75) is 6.42 Å². The van der Waals surface area contributed by atoms with Crippen LogP contribution in [0.3, 0.4) is 0 Å². The summed E-state index contributed by atoms with van der Waals surface area (Å²) in [7, 11) is 0. The molecule has 0 atom stereocenters. The molecule has 140 valence electrons. The highest BCUT2D eigenvalue weighted by molar-refractivity contribution is 6.30. The number of carbonyl (C=O) groups excluding carboxylic acids is 1. The van der Waals surface area contributed by atoms with Crippen LogP contribution >= 0.6 is 11.6 Å². The van der Waals surface area contributed by atoms with Gasteiger partial charge in [0.15, 0.2) is 0 Å². The van der Waals surface area contributed by atoms with Crippen molar-refractivity contribution in [1.29, 1.82) is 0 Å². The number of nitrogens with zero attached hydrogens (tertiary/aromatic N) is 1. The van der Waals surface area contributed by atoms with Gasteiger partial charge in [-0.1, -0.05) is 29.8 Å². The van der Waals surface area contributed by atoms with Crippen LogP contribution in [0.15, 0.2) is 73.1 Å². The van der Waals surface area contributed by atoms with Gasteiger partial charge < -0.3 is 15.6 Å². The second kappa shape index (κ2) is 8.15. The van der Waals surface area contributed by atoms with Crippen LogP contribution in [0.2, 0.25) is 5.02 Å². The summed E-state index contributed by atoms with van der Waals surface area (Å²) in [5.74, 6) is 0.480. The Morgan fingerprint density at radius 1 is 1.07 bits per heavy atom. The zero-order valence-corrected chi connectivity index (χ0v) is 15.8. The van der Waals surface area contributed by atoms with Gasteiger partial charge in [0.25, 0.3) is 5.91 Å². The fourth-order valence-corrected chi connectivity index (χ4v) is 3.19. The van der Waals surface area contributed by atoms with Gasteiger partial charge in [0.2, 0.25) is 0 Å². The molecule has 0 unspecified atom stereocenters. The summed E-state index contributed by atoms with van der Waals surface area (Å²) in [6.45, 7) is 0.719. The van der Waals surface area contributed by atoms with Crippen molar-refractivity contribution >= 4 is 39.9 Å². The normalized spacial score (nSPS) is 10.8. The number of aromatic nitrogens is 2. The zero-order valence-electron chi connectivity index (χ0n) is 15.1. The van der Waals surface area contributed by atoms with Crippen LogP contribution in [0.5, 0.6) is 0 Å². The maximum Gasteiger partial charge on any atom is 0.255 e. The van der Waals surface area contributed by atoms with E-state index in [1.807, 2.05) is 18.3 Å². The molecule has 0 radical (unpaired) electrons. The number of carbonyl (C=O) groups is 1. The molecule has 5 nitrogen and oxygen atoms in total. The topological polar surface area (TPSA) is 69.8 Å². The number of para-hydroxylation sites is 1. The lowest BCUT2D eigenvalue weighted by Gasteiger charge is -2.08. The average Bonchev–Trinajstić information content (AvgIpc) is 3.13. The van der Waals surface area contributed by atoms with Gasteiger partial charge in [0.1, 0.15) is 5.82 Å². The molecule has 0 aliphatic carbocycles. The minimum absolute atomic E-state index is 0.190. The highest BCUT2D eigenvalue weighted by atomic mass is 35.5. The molecule has 0 fully saturated rings. The van der Waals surface area contributed by atoms with Gasteiger partial charge in [0.05, 0.1) is 0 Å². The third kappa shape index (κ3) is 4.15. The Bertz CT molecular complexity index is 1100. The van der Waals surface area contributed by atoms with E-state index in [0.29, 0.717) is 22.1 Å². The number of pyridine rings is 1. The van der Waals surface area contributed by atoms with Gasteiger partial charge in [0, 0.05) is 46.1 Å². The molecule has 0 bridgehead atoms. The Kier molecular flexibility index (Phi) is 5.26. The van der Waals surface area contributed by atoms with Crippen LogP contribution in [0.1, 0.15) is 15.9 Å². The first-order chi connectivity index (χ1) is 13.7. The number of hydrogen-bond acceptors (Lipinski definition) is 3. The number of benzene rings is 2. The Morgan fingerprint density at radius 3 is 2.75 bits per heavy atom. The summed E-state index contributed by atoms with van der Waals surface area (Å²) < 4.78 is 0. The zero-order chi connectivity index (χ0) is 19.3. The first-order valence-electron chi connectivity index (χ1n) is 9.01. The Hall–Kier alpha value is -3.31. The highest BCUT2D eigenvalue weighted by Crippen LogP contribution is 2.18. The number of H-pyrrole nitrogens is 1. The fraction of sp³-hybridized carbons (Fsp3) is 0.0909. The molecule has 0 saturated heterocycles. The molecule has 2 heterocycles. The lowest BCUT2D eigenvalue weighted by molar-refractivity contribution is 0.102. The molecule has 0 aliphatic heterocycles. The average molecular weight is 391 g/mol. The van der Waals surface area contributed by atoms with E-state index in [1.165, 1.54) is 10.9 Å². The van der Waals surface area contributed by atoms with Crippen LogP contribution < -0.4 is 10.6 Å². The fourth-order valence-electron chi connectivity index (χ4n) is 3.07. The third-order valence-electron chi connectivity index (χ3n) is 4.50. The predicted molar refractivity (Wildman–Crippen MR) is 114 cm³/mol. The van der Waals surface area contributed by atoms with Gasteiger partial charge in [-0.15, -0.1) is 0 Å². The third-order valence-corrected chi connectivity index (χ3v) is 4.75. The second-order valence-corrected chi connectivity index (χ2v) is 6.86. The number of aromatic amines is 1. The lowest BCUT2D eigenvalue weighted by atomic mass is 10.1. The molecule has 28 heavy (non-hydrogen) atoms. The van der Waals surface area contributed by atoms with E-state index < -0.39 is 0 Å². The van der Waals surface area contributed by atoms with Crippen LogP contribution in [-0.2, 0) is 6.42 Å². The molecule has 4 rings (SSSR count). The van der Waals surface area contributed by atoms with Gasteiger partial charge in [-0.25, -0.2) is 4.98 Å². The van der Waals surface area contributed by atoms with E-state index in [0.717, 1.165) is 18.5 Å². The number of fused-ring (bicyclic) bond motifs is 1. The molecule has 1 amide bonds. The van der Waals surface area contributed by atoms with Gasteiger partial charge in [-0.05, 0) is 54.4 Å². The van der Waals surface area contributed by atoms with Gasteiger partial charge in [-0.3, -0.25) is 4.79 Å². The predicted octanol–water partition coefficient (Wildman–Crippen LogP) is 5.12. The monoisotopic (exact) mass is 390 g/mol. The summed E-state index contributed by atoms with van der Waals surface area (Å²) in [6.07, 6.45) is 4.52. The number of anilines is 2. The summed E-state index contributed by atoms with van der Waals surface area (Å²) in [4.78, 5) is 20.0. The molecule has 2 aromatic carbocycles. The molecular weight excluding hydrogens is 372 g/mol. The number of rotatable bonds is 6. The summed E-state index contributed by atoms with van der Waals surface area (Å²) >= 11 is 5.87. The van der Waals surface area contributed by atoms with E-state index in [-0.39, 0.29) is 5.91 Å². The minimum Gasteiger partial charge on any atom is -0.370 e. The number of nitrogens with one attached hydrogen (secondary N) is 3. The maximum atomic E-state index is 12.5. The van der Waals surface area contributed by atoms with Crippen molar-refractivity contribution in [2.24, 2.45) is 0 Å². The Labute approximate surface area is 167 Å². The number of halogens is 1. The van der Waals surface area contributed by atoms with E-state index in [4.69, 9.17) is 11.6 Å². The van der Waals surface area contributed by atoms with Crippen molar-refractivity contribution in [2.75, 3.05) is 17.2 Å². The summed E-state index contributed by atoms with van der Waals surface area (Å²) in [6, 6.07) is 18.7. The van der Waals surface area contributed by atoms with Crippen molar-refractivity contribution < 1.29 is 4.79 Å². The van der Waals surface area contributed by atoms with E-state index in [1.54, 1.807) is 42.6 Å².